The van der Waals surface area contributed by atoms with Crippen molar-refractivity contribution in [3.63, 3.8) is 0 Å². The molecule has 0 fully saturated rings. The molecule has 4 rings (SSSR count). The van der Waals surface area contributed by atoms with Crippen LogP contribution in [0.15, 0.2) is 51.7 Å². The fourth-order valence-electron chi connectivity index (χ4n) is 5.40. The number of unbranched alkanes of at least 4 members (excludes halogenated alkanes) is 15. The number of benzene rings is 2. The summed E-state index contributed by atoms with van der Waals surface area (Å²) in [7, 11) is 0. The second kappa shape index (κ2) is 16.9. The number of fused-ring (bicyclic) bond motifs is 2. The van der Waals surface area contributed by atoms with Crippen LogP contribution in [0, 0.1) is 11.3 Å². The summed E-state index contributed by atoms with van der Waals surface area (Å²) in [5.74, 6) is 0.680. The van der Waals surface area contributed by atoms with Crippen LogP contribution in [0.1, 0.15) is 115 Å². The van der Waals surface area contributed by atoms with Crippen LogP contribution in [-0.2, 0) is 0 Å². The molecule has 0 bridgehead atoms. The van der Waals surface area contributed by atoms with E-state index < -0.39 is 5.63 Å². The van der Waals surface area contributed by atoms with Crippen molar-refractivity contribution >= 4 is 32.5 Å². The first-order chi connectivity index (χ1) is 20.2. The van der Waals surface area contributed by atoms with E-state index in [1.54, 1.807) is 18.2 Å². The zero-order chi connectivity index (χ0) is 28.7. The van der Waals surface area contributed by atoms with E-state index in [-0.39, 0.29) is 11.1 Å². The molecule has 0 aliphatic rings. The van der Waals surface area contributed by atoms with Crippen LogP contribution < -0.4 is 10.4 Å². The Kier molecular flexibility index (Phi) is 12.7. The minimum absolute atomic E-state index is 0.219. The highest BCUT2D eigenvalue weighted by molar-refractivity contribution is 7.21. The standard InChI is InChI=1S/C35H44N2O3S/c1-2-3-4-5-6-7-8-9-10-11-12-13-14-15-16-19-24-39-27-22-23-31-28(25-27)29(26-36)33(35(38)40-31)34-37-30-20-17-18-21-32(30)41-34/h17-18,20-23,25H,2-16,19,24H2,1H3. The fourth-order valence-corrected chi connectivity index (χ4v) is 6.41. The van der Waals surface area contributed by atoms with E-state index in [9.17, 15) is 10.1 Å². The van der Waals surface area contributed by atoms with Crippen molar-refractivity contribution < 1.29 is 9.15 Å². The molecule has 41 heavy (non-hydrogen) atoms. The molecular weight excluding hydrogens is 528 g/mol. The number of hydrogen-bond acceptors (Lipinski definition) is 6. The molecule has 0 aliphatic heterocycles. The Morgan fingerprint density at radius 3 is 2.05 bits per heavy atom. The Balaban J connectivity index is 1.16. The maximum Gasteiger partial charge on any atom is 0.348 e. The zero-order valence-corrected chi connectivity index (χ0v) is 25.4. The normalized spacial score (nSPS) is 11.3. The number of aromatic nitrogens is 1. The first kappa shape index (κ1) is 30.8. The number of ether oxygens (including phenoxy) is 1. The molecule has 5 nitrogen and oxygen atoms in total. The van der Waals surface area contributed by atoms with Crippen LogP contribution >= 0.6 is 11.3 Å². The molecule has 2 aromatic carbocycles. The van der Waals surface area contributed by atoms with Crippen molar-refractivity contribution in [2.24, 2.45) is 0 Å². The SMILES string of the molecule is CCCCCCCCCCCCCCCCCCOc1ccc2oc(=O)c(-c3nc4ccccc4s3)c(C#N)c2c1. The van der Waals surface area contributed by atoms with Gasteiger partial charge < -0.3 is 9.15 Å². The minimum Gasteiger partial charge on any atom is -0.494 e. The molecule has 6 heteroatoms. The molecule has 2 aromatic heterocycles. The lowest BCUT2D eigenvalue weighted by Gasteiger charge is -2.09. The van der Waals surface area contributed by atoms with Crippen LogP contribution in [0.4, 0.5) is 0 Å². The summed E-state index contributed by atoms with van der Waals surface area (Å²) < 4.78 is 12.6. The highest BCUT2D eigenvalue weighted by atomic mass is 32.1. The van der Waals surface area contributed by atoms with Gasteiger partial charge in [0.1, 0.15) is 28.0 Å². The summed E-state index contributed by atoms with van der Waals surface area (Å²) >= 11 is 1.39. The van der Waals surface area contributed by atoms with Gasteiger partial charge in [0.15, 0.2) is 0 Å². The Labute approximate surface area is 248 Å². The smallest absolute Gasteiger partial charge is 0.348 e. The summed E-state index contributed by atoms with van der Waals surface area (Å²) in [5.41, 5.74) is 1.13. The van der Waals surface area contributed by atoms with E-state index >= 15 is 0 Å². The largest absolute Gasteiger partial charge is 0.494 e. The monoisotopic (exact) mass is 572 g/mol. The van der Waals surface area contributed by atoms with E-state index in [2.05, 4.69) is 18.0 Å². The van der Waals surface area contributed by atoms with Crippen LogP contribution in [0.3, 0.4) is 0 Å². The predicted octanol–water partition coefficient (Wildman–Crippen LogP) is 10.6. The number of hydrogen-bond donors (Lipinski definition) is 0. The number of nitriles is 1. The molecule has 218 valence electrons. The second-order valence-electron chi connectivity index (χ2n) is 11.0. The maximum atomic E-state index is 12.8. The number of nitrogens with zero attached hydrogens (tertiary/aromatic N) is 2. The number of thiazole rings is 1. The highest BCUT2D eigenvalue weighted by Gasteiger charge is 2.20. The van der Waals surface area contributed by atoms with Crippen LogP contribution in [0.5, 0.6) is 5.75 Å². The van der Waals surface area contributed by atoms with Gasteiger partial charge in [-0.05, 0) is 36.8 Å². The first-order valence-electron chi connectivity index (χ1n) is 15.7. The number of para-hydroxylation sites is 1. The zero-order valence-electron chi connectivity index (χ0n) is 24.6. The van der Waals surface area contributed by atoms with E-state index in [0.29, 0.717) is 28.3 Å². The third-order valence-electron chi connectivity index (χ3n) is 7.76. The Hall–Kier alpha value is -3.17. The predicted molar refractivity (Wildman–Crippen MR) is 171 cm³/mol. The van der Waals surface area contributed by atoms with Crippen LogP contribution in [0.2, 0.25) is 0 Å². The van der Waals surface area contributed by atoms with Gasteiger partial charge in [0.25, 0.3) is 0 Å². The summed E-state index contributed by atoms with van der Waals surface area (Å²) in [6, 6.07) is 15.2. The minimum atomic E-state index is -0.546. The van der Waals surface area contributed by atoms with Crippen LogP contribution in [0.25, 0.3) is 31.8 Å². The molecule has 2 heterocycles. The van der Waals surface area contributed by atoms with Gasteiger partial charge in [-0.1, -0.05) is 115 Å². The molecule has 0 radical (unpaired) electrons. The van der Waals surface area contributed by atoms with E-state index in [1.807, 2.05) is 24.3 Å². The van der Waals surface area contributed by atoms with Gasteiger partial charge in [-0.15, -0.1) is 11.3 Å². The third-order valence-corrected chi connectivity index (χ3v) is 8.82. The van der Waals surface area contributed by atoms with Crippen molar-refractivity contribution in [2.45, 2.75) is 110 Å². The lowest BCUT2D eigenvalue weighted by Crippen LogP contribution is -2.06. The van der Waals surface area contributed by atoms with Crippen LogP contribution in [-0.4, -0.2) is 11.6 Å². The van der Waals surface area contributed by atoms with Gasteiger partial charge in [-0.25, -0.2) is 9.78 Å². The lowest BCUT2D eigenvalue weighted by atomic mass is 10.0. The van der Waals surface area contributed by atoms with Gasteiger partial charge in [-0.3, -0.25) is 0 Å². The summed E-state index contributed by atoms with van der Waals surface area (Å²) in [5, 5.41) is 11.1. The summed E-state index contributed by atoms with van der Waals surface area (Å²) in [6.07, 6.45) is 21.4. The first-order valence-corrected chi connectivity index (χ1v) is 16.5. The highest BCUT2D eigenvalue weighted by Crippen LogP contribution is 2.34. The molecular formula is C35H44N2O3S. The van der Waals surface area contributed by atoms with Crippen molar-refractivity contribution in [1.29, 1.82) is 5.26 Å². The van der Waals surface area contributed by atoms with E-state index in [0.717, 1.165) is 23.1 Å². The van der Waals surface area contributed by atoms with Gasteiger partial charge in [-0.2, -0.15) is 5.26 Å². The van der Waals surface area contributed by atoms with Crippen molar-refractivity contribution in [2.75, 3.05) is 6.61 Å². The Morgan fingerprint density at radius 2 is 1.44 bits per heavy atom. The summed E-state index contributed by atoms with van der Waals surface area (Å²) in [6.45, 7) is 2.91. The molecule has 0 spiro atoms. The van der Waals surface area contributed by atoms with Gasteiger partial charge in [0.2, 0.25) is 0 Å². The fraction of sp³-hybridized carbons (Fsp3) is 0.514. The van der Waals surface area contributed by atoms with E-state index in [4.69, 9.17) is 9.15 Å². The molecule has 0 atom stereocenters. The molecule has 0 unspecified atom stereocenters. The van der Waals surface area contributed by atoms with Crippen molar-refractivity contribution in [1.82, 2.24) is 4.98 Å². The number of rotatable bonds is 19. The molecule has 0 N–H and O–H groups in total. The molecule has 0 saturated heterocycles. The molecule has 0 aliphatic carbocycles. The average Bonchev–Trinajstić information content (AvgIpc) is 3.42. The van der Waals surface area contributed by atoms with E-state index in [1.165, 1.54) is 101 Å². The van der Waals surface area contributed by atoms with Crippen molar-refractivity contribution in [3.05, 3.63) is 58.4 Å². The summed E-state index contributed by atoms with van der Waals surface area (Å²) in [4.78, 5) is 17.4. The Morgan fingerprint density at radius 1 is 0.829 bits per heavy atom. The topological polar surface area (TPSA) is 76.1 Å². The quantitative estimate of drug-likeness (QED) is 0.0825. The molecule has 0 saturated carbocycles. The van der Waals surface area contributed by atoms with Gasteiger partial charge >= 0.3 is 5.63 Å². The lowest BCUT2D eigenvalue weighted by molar-refractivity contribution is 0.304. The molecule has 0 amide bonds. The third kappa shape index (κ3) is 9.16. The molecule has 4 aromatic rings. The second-order valence-corrected chi connectivity index (χ2v) is 12.1. The van der Waals surface area contributed by atoms with Gasteiger partial charge in [0.05, 0.1) is 22.4 Å². The van der Waals surface area contributed by atoms with Gasteiger partial charge in [0, 0.05) is 5.39 Å². The maximum absolute atomic E-state index is 12.8. The van der Waals surface area contributed by atoms with Crippen molar-refractivity contribution in [3.8, 4) is 22.4 Å². The average molecular weight is 573 g/mol. The Bertz CT molecular complexity index is 1430.